The number of halogens is 1. The van der Waals surface area contributed by atoms with Gasteiger partial charge in [0.2, 0.25) is 0 Å². The lowest BCUT2D eigenvalue weighted by Gasteiger charge is -2.16. The fraction of sp³-hybridized carbons (Fsp3) is 0.188. The van der Waals surface area contributed by atoms with Crippen LogP contribution in [0, 0.1) is 18.3 Å². The predicted octanol–water partition coefficient (Wildman–Crippen LogP) is 4.44. The highest BCUT2D eigenvalue weighted by atomic mass is 79.9. The second-order valence-corrected chi connectivity index (χ2v) is 5.27. The first-order valence-electron chi connectivity index (χ1n) is 6.21. The number of hydrogen-bond donors (Lipinski definition) is 1. The molecule has 1 unspecified atom stereocenters. The summed E-state index contributed by atoms with van der Waals surface area (Å²) >= 11 is 3.44. The summed E-state index contributed by atoms with van der Waals surface area (Å²) in [7, 11) is 1.62. The maximum Gasteiger partial charge on any atom is 0.140 e. The van der Waals surface area contributed by atoms with E-state index in [0.717, 1.165) is 27.0 Å². The van der Waals surface area contributed by atoms with Crippen LogP contribution in [0.2, 0.25) is 0 Å². The van der Waals surface area contributed by atoms with Crippen LogP contribution in [-0.4, -0.2) is 7.11 Å². The van der Waals surface area contributed by atoms with Crippen LogP contribution in [0.5, 0.6) is 5.75 Å². The molecule has 102 valence electrons. The van der Waals surface area contributed by atoms with Crippen molar-refractivity contribution < 1.29 is 4.74 Å². The number of methoxy groups -OCH3 is 1. The molecular weight excluding hydrogens is 316 g/mol. The molecule has 0 saturated carbocycles. The Morgan fingerprint density at radius 1 is 1.25 bits per heavy atom. The summed E-state index contributed by atoms with van der Waals surface area (Å²) in [6, 6.07) is 15.4. The number of nitriles is 1. The normalized spacial score (nSPS) is 11.5. The van der Waals surface area contributed by atoms with Gasteiger partial charge in [-0.3, -0.25) is 0 Å². The molecule has 0 amide bonds. The summed E-state index contributed by atoms with van der Waals surface area (Å²) < 4.78 is 6.04. The minimum atomic E-state index is -0.404. The Labute approximate surface area is 127 Å². The summed E-state index contributed by atoms with van der Waals surface area (Å²) in [5.41, 5.74) is 2.97. The summed E-state index contributed by atoms with van der Waals surface area (Å²) in [6.45, 7) is 2.01. The van der Waals surface area contributed by atoms with Crippen LogP contribution in [0.25, 0.3) is 0 Å². The second-order valence-electron chi connectivity index (χ2n) is 4.42. The van der Waals surface area contributed by atoms with E-state index in [1.807, 2.05) is 49.4 Å². The third kappa shape index (κ3) is 3.12. The van der Waals surface area contributed by atoms with E-state index in [1.165, 1.54) is 0 Å². The third-order valence-electron chi connectivity index (χ3n) is 3.08. The van der Waals surface area contributed by atoms with Gasteiger partial charge in [0, 0.05) is 5.69 Å². The maximum atomic E-state index is 9.39. The SMILES string of the molecule is COc1ccc(C(C#N)Nc2ccccc2C)cc1Br. The van der Waals surface area contributed by atoms with Crippen LogP contribution in [0.1, 0.15) is 17.2 Å². The lowest BCUT2D eigenvalue weighted by Crippen LogP contribution is -2.09. The number of anilines is 1. The van der Waals surface area contributed by atoms with Crippen LogP contribution in [0.4, 0.5) is 5.69 Å². The predicted molar refractivity (Wildman–Crippen MR) is 83.8 cm³/mol. The van der Waals surface area contributed by atoms with E-state index in [4.69, 9.17) is 4.74 Å². The molecule has 20 heavy (non-hydrogen) atoms. The van der Waals surface area contributed by atoms with E-state index in [2.05, 4.69) is 27.3 Å². The Morgan fingerprint density at radius 3 is 2.60 bits per heavy atom. The highest BCUT2D eigenvalue weighted by Gasteiger charge is 2.13. The van der Waals surface area contributed by atoms with E-state index >= 15 is 0 Å². The molecule has 0 fully saturated rings. The molecule has 0 radical (unpaired) electrons. The molecule has 0 aliphatic heterocycles. The molecule has 2 aromatic rings. The number of aryl methyl sites for hydroxylation is 1. The van der Waals surface area contributed by atoms with Gasteiger partial charge in [-0.05, 0) is 52.2 Å². The Balaban J connectivity index is 2.27. The van der Waals surface area contributed by atoms with Crippen LogP contribution in [-0.2, 0) is 0 Å². The van der Waals surface area contributed by atoms with Crippen molar-refractivity contribution in [2.45, 2.75) is 13.0 Å². The van der Waals surface area contributed by atoms with E-state index in [1.54, 1.807) is 7.11 Å². The lowest BCUT2D eigenvalue weighted by atomic mass is 10.1. The molecule has 0 spiro atoms. The van der Waals surface area contributed by atoms with E-state index in [9.17, 15) is 5.26 Å². The van der Waals surface area contributed by atoms with Gasteiger partial charge in [-0.2, -0.15) is 5.26 Å². The molecule has 3 nitrogen and oxygen atoms in total. The molecule has 0 aromatic heterocycles. The van der Waals surface area contributed by atoms with Gasteiger partial charge >= 0.3 is 0 Å². The molecule has 2 aromatic carbocycles. The van der Waals surface area contributed by atoms with E-state index in [0.29, 0.717) is 0 Å². The third-order valence-corrected chi connectivity index (χ3v) is 3.70. The number of benzene rings is 2. The first kappa shape index (κ1) is 14.4. The van der Waals surface area contributed by atoms with Crippen molar-refractivity contribution in [2.75, 3.05) is 12.4 Å². The van der Waals surface area contributed by atoms with Crippen molar-refractivity contribution in [2.24, 2.45) is 0 Å². The zero-order chi connectivity index (χ0) is 14.5. The zero-order valence-corrected chi connectivity index (χ0v) is 12.9. The number of nitrogens with zero attached hydrogens (tertiary/aromatic N) is 1. The Hall–Kier alpha value is -1.99. The van der Waals surface area contributed by atoms with Gasteiger partial charge in [-0.15, -0.1) is 0 Å². The van der Waals surface area contributed by atoms with Gasteiger partial charge in [0.05, 0.1) is 17.7 Å². The summed E-state index contributed by atoms with van der Waals surface area (Å²) in [5.74, 6) is 0.751. The topological polar surface area (TPSA) is 45.0 Å². The number of hydrogen-bond acceptors (Lipinski definition) is 3. The highest BCUT2D eigenvalue weighted by molar-refractivity contribution is 9.10. The van der Waals surface area contributed by atoms with Crippen molar-refractivity contribution in [3.8, 4) is 11.8 Å². The molecule has 1 atom stereocenters. The monoisotopic (exact) mass is 330 g/mol. The molecule has 1 N–H and O–H groups in total. The maximum absolute atomic E-state index is 9.39. The van der Waals surface area contributed by atoms with E-state index < -0.39 is 6.04 Å². The molecule has 0 aliphatic rings. The van der Waals surface area contributed by atoms with Crippen molar-refractivity contribution in [1.29, 1.82) is 5.26 Å². The van der Waals surface area contributed by atoms with Gasteiger partial charge in [0.25, 0.3) is 0 Å². The Morgan fingerprint density at radius 2 is 2.00 bits per heavy atom. The molecule has 0 aliphatic carbocycles. The highest BCUT2D eigenvalue weighted by Crippen LogP contribution is 2.29. The number of nitrogens with one attached hydrogen (secondary N) is 1. The van der Waals surface area contributed by atoms with Crippen molar-refractivity contribution in [1.82, 2.24) is 0 Å². The van der Waals surface area contributed by atoms with Crippen LogP contribution < -0.4 is 10.1 Å². The van der Waals surface area contributed by atoms with Crippen LogP contribution in [0.15, 0.2) is 46.9 Å². The summed E-state index contributed by atoms with van der Waals surface area (Å²) in [4.78, 5) is 0. The minimum absolute atomic E-state index is 0.404. The van der Waals surface area contributed by atoms with Crippen molar-refractivity contribution in [3.05, 3.63) is 58.1 Å². The molecule has 0 saturated heterocycles. The lowest BCUT2D eigenvalue weighted by molar-refractivity contribution is 0.412. The Bertz CT molecular complexity index is 649. The largest absolute Gasteiger partial charge is 0.496 e. The fourth-order valence-electron chi connectivity index (χ4n) is 1.94. The quantitative estimate of drug-likeness (QED) is 0.901. The summed E-state index contributed by atoms with van der Waals surface area (Å²) in [6.07, 6.45) is 0. The fourth-order valence-corrected chi connectivity index (χ4v) is 2.50. The number of ether oxygens (including phenoxy) is 1. The first-order chi connectivity index (χ1) is 9.65. The zero-order valence-electron chi connectivity index (χ0n) is 11.4. The van der Waals surface area contributed by atoms with Gasteiger partial charge in [-0.25, -0.2) is 0 Å². The molecule has 4 heteroatoms. The van der Waals surface area contributed by atoms with Crippen LogP contribution in [0.3, 0.4) is 0 Å². The smallest absolute Gasteiger partial charge is 0.140 e. The second kappa shape index (κ2) is 6.44. The minimum Gasteiger partial charge on any atom is -0.496 e. The Kier molecular flexibility index (Phi) is 4.65. The average molecular weight is 331 g/mol. The van der Waals surface area contributed by atoms with Gasteiger partial charge in [-0.1, -0.05) is 24.3 Å². The summed E-state index contributed by atoms with van der Waals surface area (Å²) in [5, 5.41) is 12.6. The molecular formula is C16H15BrN2O. The van der Waals surface area contributed by atoms with Gasteiger partial charge in [0.15, 0.2) is 0 Å². The van der Waals surface area contributed by atoms with Crippen LogP contribution >= 0.6 is 15.9 Å². The van der Waals surface area contributed by atoms with E-state index in [-0.39, 0.29) is 0 Å². The first-order valence-corrected chi connectivity index (χ1v) is 7.00. The van der Waals surface area contributed by atoms with Gasteiger partial charge < -0.3 is 10.1 Å². The number of rotatable bonds is 4. The van der Waals surface area contributed by atoms with Crippen molar-refractivity contribution in [3.63, 3.8) is 0 Å². The molecule has 0 heterocycles. The molecule has 2 rings (SSSR count). The van der Waals surface area contributed by atoms with Gasteiger partial charge in [0.1, 0.15) is 11.8 Å². The number of para-hydroxylation sites is 1. The van der Waals surface area contributed by atoms with Crippen molar-refractivity contribution >= 4 is 21.6 Å². The standard InChI is InChI=1S/C16H15BrN2O/c1-11-5-3-4-6-14(11)19-15(10-18)12-7-8-16(20-2)13(17)9-12/h3-9,15,19H,1-2H3. The molecule has 0 bridgehead atoms. The average Bonchev–Trinajstić information content (AvgIpc) is 2.46.